The maximum absolute atomic E-state index is 6.62. The predicted molar refractivity (Wildman–Crippen MR) is 229 cm³/mol. The minimum absolute atomic E-state index is 0.269. The molecule has 2 heterocycles. The van der Waals surface area contributed by atoms with Gasteiger partial charge in [0.25, 0.3) is 0 Å². The fraction of sp³-hybridized carbons (Fsp3) is 0.0577. The van der Waals surface area contributed by atoms with E-state index < -0.39 is 0 Å². The third-order valence-electron chi connectivity index (χ3n) is 11.5. The van der Waals surface area contributed by atoms with Gasteiger partial charge >= 0.3 is 0 Å². The first-order valence-electron chi connectivity index (χ1n) is 19.1. The van der Waals surface area contributed by atoms with Crippen LogP contribution >= 0.6 is 0 Å². The molecule has 1 aliphatic carbocycles. The minimum atomic E-state index is -0.269. The van der Waals surface area contributed by atoms with Gasteiger partial charge in [0.15, 0.2) is 17.5 Å². The van der Waals surface area contributed by atoms with Crippen molar-refractivity contribution in [2.75, 3.05) is 0 Å². The molecule has 56 heavy (non-hydrogen) atoms. The Morgan fingerprint density at radius 3 is 1.45 bits per heavy atom. The number of fused-ring (bicyclic) bond motifs is 10. The summed E-state index contributed by atoms with van der Waals surface area (Å²) in [5.41, 5.74) is 14.1. The van der Waals surface area contributed by atoms with Gasteiger partial charge in [-0.1, -0.05) is 178 Å². The number of furan rings is 1. The van der Waals surface area contributed by atoms with E-state index in [1.54, 1.807) is 0 Å². The van der Waals surface area contributed by atoms with Gasteiger partial charge in [-0.05, 0) is 62.0 Å². The molecule has 0 fully saturated rings. The molecule has 8 aromatic carbocycles. The van der Waals surface area contributed by atoms with Gasteiger partial charge in [0.05, 0.1) is 0 Å². The van der Waals surface area contributed by atoms with Gasteiger partial charge in [-0.3, -0.25) is 0 Å². The average molecular weight is 718 g/mol. The van der Waals surface area contributed by atoms with E-state index in [-0.39, 0.29) is 5.41 Å². The van der Waals surface area contributed by atoms with E-state index in [1.807, 2.05) is 18.2 Å². The Hall–Kier alpha value is -7.17. The van der Waals surface area contributed by atoms with Crippen LogP contribution in [0.2, 0.25) is 0 Å². The van der Waals surface area contributed by atoms with Gasteiger partial charge in [-0.15, -0.1) is 0 Å². The van der Waals surface area contributed by atoms with Gasteiger partial charge in [-0.2, -0.15) is 0 Å². The van der Waals surface area contributed by atoms with Crippen molar-refractivity contribution in [3.05, 3.63) is 187 Å². The van der Waals surface area contributed by atoms with Crippen LogP contribution in [-0.4, -0.2) is 15.0 Å². The van der Waals surface area contributed by atoms with Gasteiger partial charge in [0.1, 0.15) is 11.2 Å². The maximum Gasteiger partial charge on any atom is 0.164 e. The fourth-order valence-corrected chi connectivity index (χ4v) is 8.76. The Kier molecular flexibility index (Phi) is 7.17. The third kappa shape index (κ3) is 5.03. The highest BCUT2D eigenvalue weighted by Crippen LogP contribution is 2.56. The smallest absolute Gasteiger partial charge is 0.164 e. The third-order valence-corrected chi connectivity index (χ3v) is 11.5. The van der Waals surface area contributed by atoms with Crippen LogP contribution in [0.5, 0.6) is 0 Å². The zero-order valence-corrected chi connectivity index (χ0v) is 31.0. The van der Waals surface area contributed by atoms with Crippen molar-refractivity contribution < 1.29 is 4.42 Å². The monoisotopic (exact) mass is 717 g/mol. The van der Waals surface area contributed by atoms with Crippen molar-refractivity contribution in [2.45, 2.75) is 19.3 Å². The Morgan fingerprint density at radius 1 is 0.411 bits per heavy atom. The molecule has 2 aromatic heterocycles. The molecule has 0 atom stereocenters. The molecule has 0 spiro atoms. The second-order valence-corrected chi connectivity index (χ2v) is 15.2. The van der Waals surface area contributed by atoms with E-state index in [1.165, 1.54) is 44.2 Å². The Labute approximate surface area is 324 Å². The van der Waals surface area contributed by atoms with Crippen molar-refractivity contribution in [3.63, 3.8) is 0 Å². The van der Waals surface area contributed by atoms with Crippen LogP contribution in [0.15, 0.2) is 180 Å². The molecule has 0 saturated heterocycles. The first-order chi connectivity index (χ1) is 27.5. The molecule has 0 bridgehead atoms. The molecule has 0 N–H and O–H groups in total. The molecule has 11 rings (SSSR count). The number of rotatable bonds is 5. The van der Waals surface area contributed by atoms with Gasteiger partial charge in [0.2, 0.25) is 0 Å². The van der Waals surface area contributed by atoms with Crippen LogP contribution in [0.25, 0.3) is 100 Å². The minimum Gasteiger partial charge on any atom is -0.455 e. The van der Waals surface area contributed by atoms with Crippen LogP contribution in [0.4, 0.5) is 0 Å². The number of para-hydroxylation sites is 1. The summed E-state index contributed by atoms with van der Waals surface area (Å²) in [5.74, 6) is 1.91. The molecule has 10 aromatic rings. The molecule has 0 saturated carbocycles. The highest BCUT2D eigenvalue weighted by molar-refractivity contribution is 6.23. The first kappa shape index (κ1) is 32.3. The molecule has 1 aliphatic rings. The summed E-state index contributed by atoms with van der Waals surface area (Å²) in [6.07, 6.45) is 0. The SMILES string of the molecule is CC1(C)c2ccc(-c3nc(-c4ccc(-c5ccccc5)cc4)nc(-c4ccc(-c5ccccc5)cc4)n3)cc2-c2c1c1c3ccccc3oc1c1ccccc21. The quantitative estimate of drug-likeness (QED) is 0.178. The molecule has 0 amide bonds. The van der Waals surface area contributed by atoms with Crippen molar-refractivity contribution in [3.8, 4) is 67.5 Å². The van der Waals surface area contributed by atoms with Gasteiger partial charge in [0, 0.05) is 38.3 Å². The summed E-state index contributed by atoms with van der Waals surface area (Å²) in [6, 6.07) is 61.7. The lowest BCUT2D eigenvalue weighted by atomic mass is 9.79. The van der Waals surface area contributed by atoms with Crippen molar-refractivity contribution in [2.24, 2.45) is 0 Å². The standard InChI is InChI=1S/C52H35N3O/c1-52(2)43-30-29-38(31-42(43)45-39-17-9-10-18-40(39)48-46(47(45)52)41-19-11-12-20-44(41)56-48)51-54-49(36-25-21-34(22-26-36)32-13-5-3-6-14-32)53-50(55-51)37-27-23-35(24-28-37)33-15-7-4-8-16-33/h3-31H,1-2H3. The van der Waals surface area contributed by atoms with Gasteiger partial charge < -0.3 is 4.42 Å². The molecule has 0 unspecified atom stereocenters. The normalized spacial score (nSPS) is 13.0. The molecule has 264 valence electrons. The molecule has 0 aliphatic heterocycles. The van der Waals surface area contributed by atoms with E-state index in [9.17, 15) is 0 Å². The molecular weight excluding hydrogens is 683 g/mol. The van der Waals surface area contributed by atoms with E-state index in [0.29, 0.717) is 17.5 Å². The summed E-state index contributed by atoms with van der Waals surface area (Å²) in [5, 5.41) is 4.65. The van der Waals surface area contributed by atoms with E-state index in [0.717, 1.165) is 49.8 Å². The zero-order chi connectivity index (χ0) is 37.4. The first-order valence-corrected chi connectivity index (χ1v) is 19.1. The lowest BCUT2D eigenvalue weighted by Gasteiger charge is -2.23. The lowest BCUT2D eigenvalue weighted by Crippen LogP contribution is -2.15. The Balaban J connectivity index is 1.10. The van der Waals surface area contributed by atoms with Gasteiger partial charge in [-0.25, -0.2) is 15.0 Å². The number of hydrogen-bond acceptors (Lipinski definition) is 4. The summed E-state index contributed by atoms with van der Waals surface area (Å²) in [4.78, 5) is 15.5. The fourth-order valence-electron chi connectivity index (χ4n) is 8.76. The second kappa shape index (κ2) is 12.4. The summed E-state index contributed by atoms with van der Waals surface area (Å²) in [7, 11) is 0. The van der Waals surface area contributed by atoms with Crippen LogP contribution in [0.1, 0.15) is 25.0 Å². The second-order valence-electron chi connectivity index (χ2n) is 15.2. The zero-order valence-electron chi connectivity index (χ0n) is 31.0. The van der Waals surface area contributed by atoms with E-state index in [2.05, 4.69) is 172 Å². The Morgan fingerprint density at radius 2 is 0.857 bits per heavy atom. The van der Waals surface area contributed by atoms with Crippen molar-refractivity contribution in [1.29, 1.82) is 0 Å². The largest absolute Gasteiger partial charge is 0.455 e. The molecule has 4 nitrogen and oxygen atoms in total. The van der Waals surface area contributed by atoms with E-state index in [4.69, 9.17) is 19.4 Å². The Bertz CT molecular complexity index is 3030. The summed E-state index contributed by atoms with van der Waals surface area (Å²) in [6.45, 7) is 4.68. The van der Waals surface area contributed by atoms with Crippen molar-refractivity contribution in [1.82, 2.24) is 15.0 Å². The topological polar surface area (TPSA) is 51.8 Å². The number of aromatic nitrogens is 3. The number of benzene rings is 8. The lowest BCUT2D eigenvalue weighted by molar-refractivity contribution is 0.659. The highest BCUT2D eigenvalue weighted by Gasteiger charge is 2.40. The van der Waals surface area contributed by atoms with Crippen LogP contribution in [-0.2, 0) is 5.41 Å². The highest BCUT2D eigenvalue weighted by atomic mass is 16.3. The van der Waals surface area contributed by atoms with E-state index >= 15 is 0 Å². The summed E-state index contributed by atoms with van der Waals surface area (Å²) < 4.78 is 6.62. The van der Waals surface area contributed by atoms with Crippen LogP contribution in [0.3, 0.4) is 0 Å². The number of hydrogen-bond donors (Lipinski definition) is 0. The average Bonchev–Trinajstić information content (AvgIpc) is 3.76. The van der Waals surface area contributed by atoms with Crippen LogP contribution in [0, 0.1) is 0 Å². The molecule has 4 heteroatoms. The predicted octanol–water partition coefficient (Wildman–Crippen LogP) is 13.6. The molecule has 0 radical (unpaired) electrons. The molecular formula is C52H35N3O. The maximum atomic E-state index is 6.62. The number of nitrogens with zero attached hydrogens (tertiary/aromatic N) is 3. The van der Waals surface area contributed by atoms with Crippen LogP contribution < -0.4 is 0 Å². The van der Waals surface area contributed by atoms with Crippen molar-refractivity contribution >= 4 is 32.7 Å². The summed E-state index contributed by atoms with van der Waals surface area (Å²) >= 11 is 0.